The number of nitro groups is 1. The summed E-state index contributed by atoms with van der Waals surface area (Å²) in [7, 11) is 1.46. The number of rotatable bonds is 7. The van der Waals surface area contributed by atoms with Gasteiger partial charge in [-0.05, 0) is 18.6 Å². The van der Waals surface area contributed by atoms with Crippen LogP contribution in [0.4, 0.5) is 11.4 Å². The average molecular weight is 268 g/mol. The Morgan fingerprint density at radius 1 is 1.53 bits per heavy atom. The average Bonchev–Trinajstić information content (AvgIpc) is 2.44. The lowest BCUT2D eigenvalue weighted by atomic mass is 9.88. The zero-order chi connectivity index (χ0) is 14.5. The Labute approximate surface area is 112 Å². The Bertz CT molecular complexity index is 444. The van der Waals surface area contributed by atoms with E-state index in [2.05, 4.69) is 5.32 Å². The molecule has 0 aromatic heterocycles. The minimum atomic E-state index is -0.451. The Morgan fingerprint density at radius 3 is 2.68 bits per heavy atom. The lowest BCUT2D eigenvalue weighted by Gasteiger charge is -2.26. The summed E-state index contributed by atoms with van der Waals surface area (Å²) >= 11 is 0. The molecule has 0 amide bonds. The number of methoxy groups -OCH3 is 1. The number of aliphatic hydroxyl groups excluding tert-OH is 1. The number of benzene rings is 1. The summed E-state index contributed by atoms with van der Waals surface area (Å²) in [5.74, 6) is 0.442. The van der Waals surface area contributed by atoms with Crippen molar-refractivity contribution >= 4 is 11.4 Å². The van der Waals surface area contributed by atoms with Crippen LogP contribution in [0, 0.1) is 15.5 Å². The summed E-state index contributed by atoms with van der Waals surface area (Å²) in [6, 6.07) is 4.66. The van der Waals surface area contributed by atoms with E-state index in [1.165, 1.54) is 13.2 Å². The molecule has 0 saturated heterocycles. The van der Waals surface area contributed by atoms with Crippen LogP contribution in [0.5, 0.6) is 5.75 Å². The fourth-order valence-corrected chi connectivity index (χ4v) is 1.54. The molecular weight excluding hydrogens is 248 g/mol. The standard InChI is InChI=1S/C13H20N2O4/c1-4-13(2,9-16)8-14-11-6-5-10(19-3)7-12(11)15(17)18/h5-7,14,16H,4,8-9H2,1-3H3. The van der Waals surface area contributed by atoms with Gasteiger partial charge in [0.05, 0.1) is 24.7 Å². The number of anilines is 1. The Morgan fingerprint density at radius 2 is 2.21 bits per heavy atom. The second-order valence-electron chi connectivity index (χ2n) is 4.82. The molecule has 106 valence electrons. The first-order chi connectivity index (χ1) is 8.95. The smallest absolute Gasteiger partial charge is 0.296 e. The highest BCUT2D eigenvalue weighted by Gasteiger charge is 2.23. The molecule has 2 N–H and O–H groups in total. The molecule has 6 heteroatoms. The molecule has 0 aliphatic rings. The van der Waals surface area contributed by atoms with Gasteiger partial charge in [0.15, 0.2) is 0 Å². The van der Waals surface area contributed by atoms with Gasteiger partial charge < -0.3 is 15.2 Å². The zero-order valence-electron chi connectivity index (χ0n) is 11.5. The molecule has 1 unspecified atom stereocenters. The van der Waals surface area contributed by atoms with E-state index in [1.54, 1.807) is 12.1 Å². The predicted molar refractivity (Wildman–Crippen MR) is 73.6 cm³/mol. The number of nitro benzene ring substituents is 1. The van der Waals surface area contributed by atoms with E-state index in [0.29, 0.717) is 18.0 Å². The van der Waals surface area contributed by atoms with Crippen molar-refractivity contribution in [1.29, 1.82) is 0 Å². The summed E-state index contributed by atoms with van der Waals surface area (Å²) in [4.78, 5) is 10.6. The van der Waals surface area contributed by atoms with Crippen LogP contribution in [-0.4, -0.2) is 30.3 Å². The van der Waals surface area contributed by atoms with Gasteiger partial charge in [-0.25, -0.2) is 0 Å². The summed E-state index contributed by atoms with van der Waals surface area (Å²) in [5, 5.41) is 23.4. The molecule has 1 atom stereocenters. The van der Waals surface area contributed by atoms with Gasteiger partial charge >= 0.3 is 0 Å². The SMILES string of the molecule is CCC(C)(CO)CNc1ccc(OC)cc1[N+](=O)[O-]. The largest absolute Gasteiger partial charge is 0.496 e. The number of hydrogen-bond donors (Lipinski definition) is 2. The quantitative estimate of drug-likeness (QED) is 0.586. The van der Waals surface area contributed by atoms with Crippen LogP contribution >= 0.6 is 0 Å². The summed E-state index contributed by atoms with van der Waals surface area (Å²) < 4.78 is 4.98. The highest BCUT2D eigenvalue weighted by molar-refractivity contribution is 5.63. The zero-order valence-corrected chi connectivity index (χ0v) is 11.5. The molecule has 1 aromatic carbocycles. The van der Waals surface area contributed by atoms with Crippen molar-refractivity contribution < 1.29 is 14.8 Å². The molecule has 0 aliphatic carbocycles. The lowest BCUT2D eigenvalue weighted by Crippen LogP contribution is -2.29. The number of nitrogens with zero attached hydrogens (tertiary/aromatic N) is 1. The van der Waals surface area contributed by atoms with Crippen LogP contribution in [-0.2, 0) is 0 Å². The van der Waals surface area contributed by atoms with E-state index in [9.17, 15) is 15.2 Å². The summed E-state index contributed by atoms with van der Waals surface area (Å²) in [6.07, 6.45) is 0.778. The van der Waals surface area contributed by atoms with E-state index in [1.807, 2.05) is 13.8 Å². The van der Waals surface area contributed by atoms with Gasteiger partial charge in [-0.3, -0.25) is 10.1 Å². The highest BCUT2D eigenvalue weighted by atomic mass is 16.6. The molecule has 1 rings (SSSR count). The molecule has 0 bridgehead atoms. The normalized spacial score (nSPS) is 13.7. The molecule has 0 fully saturated rings. The highest BCUT2D eigenvalue weighted by Crippen LogP contribution is 2.30. The van der Waals surface area contributed by atoms with Crippen LogP contribution in [0.15, 0.2) is 18.2 Å². The van der Waals surface area contributed by atoms with E-state index in [0.717, 1.165) is 6.42 Å². The van der Waals surface area contributed by atoms with E-state index in [4.69, 9.17) is 4.74 Å². The molecule has 1 aromatic rings. The van der Waals surface area contributed by atoms with Gasteiger partial charge in [-0.2, -0.15) is 0 Å². The predicted octanol–water partition coefficient (Wildman–Crippen LogP) is 2.42. The minimum absolute atomic E-state index is 0.0282. The van der Waals surface area contributed by atoms with Crippen molar-refractivity contribution in [1.82, 2.24) is 0 Å². The van der Waals surface area contributed by atoms with E-state index in [-0.39, 0.29) is 17.7 Å². The van der Waals surface area contributed by atoms with Gasteiger partial charge in [0, 0.05) is 12.0 Å². The van der Waals surface area contributed by atoms with Crippen LogP contribution in [0.3, 0.4) is 0 Å². The molecule has 0 heterocycles. The Balaban J connectivity index is 2.92. The van der Waals surface area contributed by atoms with Gasteiger partial charge in [0.2, 0.25) is 0 Å². The second-order valence-corrected chi connectivity index (χ2v) is 4.82. The molecule has 0 radical (unpaired) electrons. The van der Waals surface area contributed by atoms with Crippen molar-refractivity contribution in [2.24, 2.45) is 5.41 Å². The summed E-state index contributed by atoms with van der Waals surface area (Å²) in [5.41, 5.74) is 0.100. The number of aliphatic hydroxyl groups is 1. The van der Waals surface area contributed by atoms with Gasteiger partial charge in [-0.1, -0.05) is 13.8 Å². The molecular formula is C13H20N2O4. The summed E-state index contributed by atoms with van der Waals surface area (Å²) in [6.45, 7) is 4.39. The van der Waals surface area contributed by atoms with E-state index >= 15 is 0 Å². The van der Waals surface area contributed by atoms with Gasteiger partial charge in [0.25, 0.3) is 5.69 Å². The third kappa shape index (κ3) is 3.82. The van der Waals surface area contributed by atoms with Crippen molar-refractivity contribution in [3.05, 3.63) is 28.3 Å². The van der Waals surface area contributed by atoms with Crippen molar-refractivity contribution in [3.8, 4) is 5.75 Å². The van der Waals surface area contributed by atoms with Crippen molar-refractivity contribution in [2.75, 3.05) is 25.6 Å². The molecule has 0 saturated carbocycles. The Hall–Kier alpha value is -1.82. The van der Waals surface area contributed by atoms with Crippen LogP contribution in [0.2, 0.25) is 0 Å². The lowest BCUT2D eigenvalue weighted by molar-refractivity contribution is -0.384. The topological polar surface area (TPSA) is 84.6 Å². The second kappa shape index (κ2) is 6.38. The van der Waals surface area contributed by atoms with E-state index < -0.39 is 4.92 Å². The molecule has 0 aliphatic heterocycles. The third-order valence-electron chi connectivity index (χ3n) is 3.34. The number of hydrogen-bond acceptors (Lipinski definition) is 5. The van der Waals surface area contributed by atoms with Gasteiger partial charge in [0.1, 0.15) is 11.4 Å². The molecule has 0 spiro atoms. The minimum Gasteiger partial charge on any atom is -0.496 e. The van der Waals surface area contributed by atoms with Crippen LogP contribution < -0.4 is 10.1 Å². The Kier molecular flexibility index (Phi) is 5.11. The first kappa shape index (κ1) is 15.2. The number of ether oxygens (including phenoxy) is 1. The molecule has 6 nitrogen and oxygen atoms in total. The maximum absolute atomic E-state index is 11.0. The molecule has 19 heavy (non-hydrogen) atoms. The van der Waals surface area contributed by atoms with Crippen molar-refractivity contribution in [3.63, 3.8) is 0 Å². The van der Waals surface area contributed by atoms with Crippen LogP contribution in [0.1, 0.15) is 20.3 Å². The third-order valence-corrected chi connectivity index (χ3v) is 3.34. The fraction of sp³-hybridized carbons (Fsp3) is 0.538. The van der Waals surface area contributed by atoms with Crippen molar-refractivity contribution in [2.45, 2.75) is 20.3 Å². The first-order valence-corrected chi connectivity index (χ1v) is 6.13. The number of nitrogens with one attached hydrogen (secondary N) is 1. The van der Waals surface area contributed by atoms with Gasteiger partial charge in [-0.15, -0.1) is 0 Å². The monoisotopic (exact) mass is 268 g/mol. The van der Waals surface area contributed by atoms with Crippen LogP contribution in [0.25, 0.3) is 0 Å². The maximum atomic E-state index is 11.0. The maximum Gasteiger partial charge on any atom is 0.296 e. The first-order valence-electron chi connectivity index (χ1n) is 6.13. The fourth-order valence-electron chi connectivity index (χ4n) is 1.54.